The number of halogens is 1. The minimum Gasteiger partial charge on any atom is -0.356 e. The maximum Gasteiger partial charge on any atom is 0.228 e. The summed E-state index contributed by atoms with van der Waals surface area (Å²) >= 11 is 5.93. The first-order chi connectivity index (χ1) is 10.5. The van der Waals surface area contributed by atoms with Crippen LogP contribution >= 0.6 is 11.6 Å². The van der Waals surface area contributed by atoms with Gasteiger partial charge in [-0.2, -0.15) is 4.98 Å². The van der Waals surface area contributed by atoms with Crippen molar-refractivity contribution in [1.29, 1.82) is 0 Å². The van der Waals surface area contributed by atoms with Crippen LogP contribution in [0.2, 0.25) is 5.02 Å². The van der Waals surface area contributed by atoms with Crippen molar-refractivity contribution in [2.24, 2.45) is 5.73 Å². The number of aromatic nitrogens is 2. The van der Waals surface area contributed by atoms with Crippen molar-refractivity contribution in [2.45, 2.75) is 32.2 Å². The average molecular weight is 323 g/mol. The predicted molar refractivity (Wildman–Crippen MR) is 84.3 cm³/mol. The number of nitrogens with zero attached hydrogens (tertiary/aromatic N) is 2. The largest absolute Gasteiger partial charge is 0.356 e. The highest BCUT2D eigenvalue weighted by Crippen LogP contribution is 2.19. The molecule has 1 atom stereocenters. The number of nitrogens with one attached hydrogen (secondary N) is 1. The molecule has 2 aromatic rings. The van der Waals surface area contributed by atoms with Gasteiger partial charge in [0.1, 0.15) is 0 Å². The zero-order chi connectivity index (χ0) is 15.9. The molecule has 0 saturated heterocycles. The van der Waals surface area contributed by atoms with E-state index < -0.39 is 0 Å². The Bertz CT molecular complexity index is 628. The molecule has 1 heterocycles. The van der Waals surface area contributed by atoms with Gasteiger partial charge in [-0.1, -0.05) is 28.9 Å². The van der Waals surface area contributed by atoms with Gasteiger partial charge in [0.25, 0.3) is 0 Å². The van der Waals surface area contributed by atoms with Crippen LogP contribution in [0.15, 0.2) is 28.8 Å². The SMILES string of the molecule is CC(N)CCC(=O)NCCc1nc(-c2cccc(Cl)c2)no1. The zero-order valence-electron chi connectivity index (χ0n) is 12.4. The number of benzene rings is 1. The Morgan fingerprint density at radius 1 is 1.50 bits per heavy atom. The maximum atomic E-state index is 11.6. The lowest BCUT2D eigenvalue weighted by Crippen LogP contribution is -2.27. The lowest BCUT2D eigenvalue weighted by atomic mass is 10.2. The van der Waals surface area contributed by atoms with Crippen LogP contribution in [-0.2, 0) is 11.2 Å². The molecule has 0 aliphatic heterocycles. The van der Waals surface area contributed by atoms with E-state index in [1.165, 1.54) is 0 Å². The molecule has 0 fully saturated rings. The number of nitrogens with two attached hydrogens (primary N) is 1. The van der Waals surface area contributed by atoms with Gasteiger partial charge in [0.2, 0.25) is 17.6 Å². The number of hydrogen-bond acceptors (Lipinski definition) is 5. The summed E-state index contributed by atoms with van der Waals surface area (Å²) in [5.41, 5.74) is 6.40. The topological polar surface area (TPSA) is 94.0 Å². The first kappa shape index (κ1) is 16.5. The van der Waals surface area contributed by atoms with Crippen molar-refractivity contribution in [3.05, 3.63) is 35.2 Å². The second-order valence-corrected chi connectivity index (χ2v) is 5.57. The molecular weight excluding hydrogens is 304 g/mol. The Morgan fingerprint density at radius 2 is 2.32 bits per heavy atom. The number of carbonyl (C=O) groups is 1. The van der Waals surface area contributed by atoms with E-state index in [0.717, 1.165) is 5.56 Å². The van der Waals surface area contributed by atoms with Crippen LogP contribution in [0.1, 0.15) is 25.7 Å². The Balaban J connectivity index is 1.81. The van der Waals surface area contributed by atoms with Gasteiger partial charge in [0, 0.05) is 36.0 Å². The first-order valence-electron chi connectivity index (χ1n) is 7.15. The van der Waals surface area contributed by atoms with Crippen molar-refractivity contribution < 1.29 is 9.32 Å². The van der Waals surface area contributed by atoms with Gasteiger partial charge in [0.05, 0.1) is 0 Å². The molecule has 1 unspecified atom stereocenters. The monoisotopic (exact) mass is 322 g/mol. The van der Waals surface area contributed by atoms with Crippen molar-refractivity contribution in [3.8, 4) is 11.4 Å². The molecule has 0 saturated carbocycles. The summed E-state index contributed by atoms with van der Waals surface area (Å²) in [6.07, 6.45) is 1.58. The first-order valence-corrected chi connectivity index (χ1v) is 7.53. The highest BCUT2D eigenvalue weighted by Gasteiger charge is 2.09. The second kappa shape index (κ2) is 7.91. The van der Waals surface area contributed by atoms with E-state index in [2.05, 4.69) is 15.5 Å². The standard InChI is InChI=1S/C15H19ClN4O2/c1-10(17)5-6-13(21)18-8-7-14-19-15(20-22-14)11-3-2-4-12(16)9-11/h2-4,9-10H,5-8,17H2,1H3,(H,18,21). The Morgan fingerprint density at radius 3 is 3.05 bits per heavy atom. The van der Waals surface area contributed by atoms with E-state index in [0.29, 0.717) is 42.5 Å². The number of rotatable bonds is 7. The fourth-order valence-corrected chi connectivity index (χ4v) is 2.05. The third-order valence-corrected chi connectivity index (χ3v) is 3.27. The summed E-state index contributed by atoms with van der Waals surface area (Å²) in [5, 5.41) is 7.33. The van der Waals surface area contributed by atoms with E-state index in [-0.39, 0.29) is 11.9 Å². The Kier molecular flexibility index (Phi) is 5.91. The number of amides is 1. The highest BCUT2D eigenvalue weighted by molar-refractivity contribution is 6.30. The van der Waals surface area contributed by atoms with Crippen LogP contribution in [0.25, 0.3) is 11.4 Å². The molecule has 1 aromatic heterocycles. The molecule has 0 aliphatic carbocycles. The molecule has 1 aromatic carbocycles. The third kappa shape index (κ3) is 5.13. The summed E-state index contributed by atoms with van der Waals surface area (Å²) in [7, 11) is 0. The third-order valence-electron chi connectivity index (χ3n) is 3.04. The highest BCUT2D eigenvalue weighted by atomic mass is 35.5. The smallest absolute Gasteiger partial charge is 0.228 e. The molecule has 1 amide bonds. The van der Waals surface area contributed by atoms with Crippen LogP contribution in [0.5, 0.6) is 0 Å². The summed E-state index contributed by atoms with van der Waals surface area (Å²) in [4.78, 5) is 15.8. The average Bonchev–Trinajstić information content (AvgIpc) is 2.94. The summed E-state index contributed by atoms with van der Waals surface area (Å²) in [5.74, 6) is 0.940. The summed E-state index contributed by atoms with van der Waals surface area (Å²) in [6.45, 7) is 2.33. The van der Waals surface area contributed by atoms with Crippen LogP contribution in [0.3, 0.4) is 0 Å². The van der Waals surface area contributed by atoms with Crippen molar-refractivity contribution >= 4 is 17.5 Å². The number of hydrogen-bond donors (Lipinski definition) is 2. The van der Waals surface area contributed by atoms with Gasteiger partial charge >= 0.3 is 0 Å². The van der Waals surface area contributed by atoms with Crippen molar-refractivity contribution in [3.63, 3.8) is 0 Å². The maximum absolute atomic E-state index is 11.6. The minimum atomic E-state index is -0.0214. The van der Waals surface area contributed by atoms with E-state index in [1.54, 1.807) is 12.1 Å². The Labute approximate surface area is 134 Å². The fourth-order valence-electron chi connectivity index (χ4n) is 1.86. The predicted octanol–water partition coefficient (Wildman–Crippen LogP) is 2.18. The fraction of sp³-hybridized carbons (Fsp3) is 0.400. The van der Waals surface area contributed by atoms with Crippen LogP contribution in [-0.4, -0.2) is 28.6 Å². The van der Waals surface area contributed by atoms with Gasteiger partial charge < -0.3 is 15.6 Å². The number of carbonyl (C=O) groups excluding carboxylic acids is 1. The van der Waals surface area contributed by atoms with Gasteiger partial charge in [-0.15, -0.1) is 0 Å². The second-order valence-electron chi connectivity index (χ2n) is 5.14. The normalized spacial score (nSPS) is 12.1. The van der Waals surface area contributed by atoms with E-state index in [4.69, 9.17) is 21.9 Å². The molecule has 22 heavy (non-hydrogen) atoms. The molecule has 0 aliphatic rings. The Hall–Kier alpha value is -1.92. The molecule has 3 N–H and O–H groups in total. The quantitative estimate of drug-likeness (QED) is 0.814. The lowest BCUT2D eigenvalue weighted by molar-refractivity contribution is -0.121. The lowest BCUT2D eigenvalue weighted by Gasteiger charge is -2.05. The summed E-state index contributed by atoms with van der Waals surface area (Å²) < 4.78 is 5.16. The zero-order valence-corrected chi connectivity index (χ0v) is 13.1. The van der Waals surface area contributed by atoms with Gasteiger partial charge in [0.15, 0.2) is 0 Å². The van der Waals surface area contributed by atoms with E-state index in [1.807, 2.05) is 19.1 Å². The molecule has 0 bridgehead atoms. The molecule has 118 valence electrons. The molecule has 6 nitrogen and oxygen atoms in total. The van der Waals surface area contributed by atoms with E-state index >= 15 is 0 Å². The summed E-state index contributed by atoms with van der Waals surface area (Å²) in [6, 6.07) is 7.26. The van der Waals surface area contributed by atoms with E-state index in [9.17, 15) is 4.79 Å². The van der Waals surface area contributed by atoms with Crippen LogP contribution in [0, 0.1) is 0 Å². The van der Waals surface area contributed by atoms with Crippen molar-refractivity contribution in [1.82, 2.24) is 15.5 Å². The molecule has 0 spiro atoms. The molecule has 2 rings (SSSR count). The van der Waals surface area contributed by atoms with Gasteiger partial charge in [-0.3, -0.25) is 4.79 Å². The molecule has 7 heteroatoms. The molecular formula is C15H19ClN4O2. The molecule has 0 radical (unpaired) electrons. The van der Waals surface area contributed by atoms with Crippen LogP contribution < -0.4 is 11.1 Å². The van der Waals surface area contributed by atoms with Gasteiger partial charge in [-0.25, -0.2) is 0 Å². The van der Waals surface area contributed by atoms with Crippen LogP contribution in [0.4, 0.5) is 0 Å². The minimum absolute atomic E-state index is 0.0214. The van der Waals surface area contributed by atoms with Crippen molar-refractivity contribution in [2.75, 3.05) is 6.54 Å². The van der Waals surface area contributed by atoms with Gasteiger partial charge in [-0.05, 0) is 25.5 Å².